The minimum absolute atomic E-state index is 0.0231. The molecule has 0 spiro atoms. The van der Waals surface area contributed by atoms with E-state index in [-0.39, 0.29) is 11.4 Å². The number of aromatic nitrogens is 3. The van der Waals surface area contributed by atoms with E-state index in [0.717, 1.165) is 19.0 Å². The van der Waals surface area contributed by atoms with Crippen molar-refractivity contribution < 1.29 is 4.74 Å². The van der Waals surface area contributed by atoms with Crippen LogP contribution in [0.4, 0.5) is 5.95 Å². The first-order valence-electron chi connectivity index (χ1n) is 7.41. The minimum Gasteiger partial charge on any atom is -0.461 e. The molecule has 2 heterocycles. The van der Waals surface area contributed by atoms with Crippen molar-refractivity contribution in [2.45, 2.75) is 52.6 Å². The van der Waals surface area contributed by atoms with E-state index in [1.54, 1.807) is 0 Å². The lowest BCUT2D eigenvalue weighted by atomic mass is 9.98. The van der Waals surface area contributed by atoms with Crippen LogP contribution in [-0.4, -0.2) is 34.1 Å². The number of hydrogen-bond acceptors (Lipinski definition) is 5. The van der Waals surface area contributed by atoms with Crippen molar-refractivity contribution in [1.29, 1.82) is 0 Å². The van der Waals surface area contributed by atoms with Gasteiger partial charge in [0.25, 0.3) is 0 Å². The zero-order valence-electron chi connectivity index (χ0n) is 12.5. The maximum Gasteiger partial charge on any atom is 0.322 e. The molecule has 1 aromatic rings. The summed E-state index contributed by atoms with van der Waals surface area (Å²) in [6, 6.07) is 0.311. The third-order valence-corrected chi connectivity index (χ3v) is 3.79. The highest BCUT2D eigenvalue weighted by atomic mass is 35.5. The van der Waals surface area contributed by atoms with Crippen LogP contribution in [0.3, 0.4) is 0 Å². The SMILES string of the molecule is CCC1CCCN(c2nc(Cl)nc(OC(C)C)n2)CC1. The molecule has 2 rings (SSSR count). The van der Waals surface area contributed by atoms with E-state index in [0.29, 0.717) is 12.0 Å². The summed E-state index contributed by atoms with van der Waals surface area (Å²) >= 11 is 5.98. The monoisotopic (exact) mass is 298 g/mol. The zero-order valence-corrected chi connectivity index (χ0v) is 13.2. The van der Waals surface area contributed by atoms with Gasteiger partial charge in [-0.25, -0.2) is 0 Å². The van der Waals surface area contributed by atoms with Crippen molar-refractivity contribution in [3.8, 4) is 6.01 Å². The highest BCUT2D eigenvalue weighted by molar-refractivity contribution is 6.28. The normalized spacial score (nSPS) is 20.1. The summed E-state index contributed by atoms with van der Waals surface area (Å²) < 4.78 is 5.53. The summed E-state index contributed by atoms with van der Waals surface area (Å²) in [6.07, 6.45) is 4.90. The molecule has 0 bridgehead atoms. The second kappa shape index (κ2) is 7.07. The van der Waals surface area contributed by atoms with E-state index >= 15 is 0 Å². The Hall–Kier alpha value is -1.10. The number of ether oxygens (including phenoxy) is 1. The molecule has 6 heteroatoms. The molecule has 1 fully saturated rings. The molecule has 0 N–H and O–H groups in total. The van der Waals surface area contributed by atoms with Crippen molar-refractivity contribution in [1.82, 2.24) is 15.0 Å². The Morgan fingerprint density at radius 2 is 2.05 bits per heavy atom. The van der Waals surface area contributed by atoms with E-state index in [2.05, 4.69) is 26.8 Å². The molecule has 0 radical (unpaired) electrons. The highest BCUT2D eigenvalue weighted by Gasteiger charge is 2.19. The van der Waals surface area contributed by atoms with Gasteiger partial charge in [-0.2, -0.15) is 15.0 Å². The van der Waals surface area contributed by atoms with Crippen LogP contribution in [0.5, 0.6) is 6.01 Å². The van der Waals surface area contributed by atoms with Crippen molar-refractivity contribution in [3.63, 3.8) is 0 Å². The molecule has 1 saturated heterocycles. The molecule has 0 aliphatic carbocycles. The first-order chi connectivity index (χ1) is 9.58. The summed E-state index contributed by atoms with van der Waals surface area (Å²) in [5.41, 5.74) is 0. The lowest BCUT2D eigenvalue weighted by molar-refractivity contribution is 0.221. The van der Waals surface area contributed by atoms with Gasteiger partial charge in [0.15, 0.2) is 0 Å². The number of nitrogens with zero attached hydrogens (tertiary/aromatic N) is 4. The lowest BCUT2D eigenvalue weighted by Gasteiger charge is -2.21. The average molecular weight is 299 g/mol. The van der Waals surface area contributed by atoms with Gasteiger partial charge >= 0.3 is 6.01 Å². The Morgan fingerprint density at radius 3 is 2.75 bits per heavy atom. The molecule has 0 amide bonds. The van der Waals surface area contributed by atoms with Gasteiger partial charge in [-0.05, 0) is 50.6 Å². The largest absolute Gasteiger partial charge is 0.461 e. The van der Waals surface area contributed by atoms with Crippen molar-refractivity contribution in [3.05, 3.63) is 5.28 Å². The fourth-order valence-electron chi connectivity index (χ4n) is 2.50. The molecule has 0 saturated carbocycles. The van der Waals surface area contributed by atoms with Gasteiger partial charge < -0.3 is 9.64 Å². The highest BCUT2D eigenvalue weighted by Crippen LogP contribution is 2.24. The van der Waals surface area contributed by atoms with Gasteiger partial charge in [0, 0.05) is 13.1 Å². The zero-order chi connectivity index (χ0) is 14.5. The minimum atomic E-state index is 0.0231. The molecule has 5 nitrogen and oxygen atoms in total. The van der Waals surface area contributed by atoms with E-state index in [1.165, 1.54) is 25.7 Å². The fraction of sp³-hybridized carbons (Fsp3) is 0.786. The van der Waals surface area contributed by atoms with Gasteiger partial charge in [-0.3, -0.25) is 0 Å². The Bertz CT molecular complexity index is 441. The standard InChI is InChI=1S/C14H23ClN4O/c1-4-11-6-5-8-19(9-7-11)13-16-12(15)17-14(18-13)20-10(2)3/h10-11H,4-9H2,1-3H3. The molecule has 1 aliphatic heterocycles. The second-order valence-electron chi connectivity index (χ2n) is 5.55. The summed E-state index contributed by atoms with van der Waals surface area (Å²) in [5.74, 6) is 1.45. The summed E-state index contributed by atoms with van der Waals surface area (Å²) in [4.78, 5) is 14.8. The van der Waals surface area contributed by atoms with Crippen LogP contribution in [0.2, 0.25) is 5.28 Å². The van der Waals surface area contributed by atoms with Crippen LogP contribution in [0, 0.1) is 5.92 Å². The maximum atomic E-state index is 5.98. The predicted molar refractivity (Wildman–Crippen MR) is 80.4 cm³/mol. The van der Waals surface area contributed by atoms with Gasteiger partial charge in [0.1, 0.15) is 0 Å². The van der Waals surface area contributed by atoms with Gasteiger partial charge in [0.05, 0.1) is 6.10 Å². The van der Waals surface area contributed by atoms with Crippen LogP contribution >= 0.6 is 11.6 Å². The van der Waals surface area contributed by atoms with Crippen molar-refractivity contribution in [2.24, 2.45) is 5.92 Å². The van der Waals surface area contributed by atoms with Crippen LogP contribution in [0.1, 0.15) is 46.5 Å². The molecule has 1 aromatic heterocycles. The second-order valence-corrected chi connectivity index (χ2v) is 5.88. The van der Waals surface area contributed by atoms with Crippen LogP contribution < -0.4 is 9.64 Å². The Kier molecular flexibility index (Phi) is 5.40. The van der Waals surface area contributed by atoms with E-state index in [4.69, 9.17) is 16.3 Å². The molecule has 20 heavy (non-hydrogen) atoms. The quantitative estimate of drug-likeness (QED) is 0.853. The fourth-order valence-corrected chi connectivity index (χ4v) is 2.65. The summed E-state index contributed by atoms with van der Waals surface area (Å²) in [6.45, 7) is 8.08. The summed E-state index contributed by atoms with van der Waals surface area (Å²) in [7, 11) is 0. The topological polar surface area (TPSA) is 51.1 Å². The summed E-state index contributed by atoms with van der Waals surface area (Å²) in [5, 5.41) is 0.196. The van der Waals surface area contributed by atoms with Gasteiger partial charge in [-0.15, -0.1) is 0 Å². The number of hydrogen-bond donors (Lipinski definition) is 0. The molecular formula is C14H23ClN4O. The van der Waals surface area contributed by atoms with Crippen molar-refractivity contribution >= 4 is 17.5 Å². The molecule has 0 aromatic carbocycles. The van der Waals surface area contributed by atoms with Gasteiger partial charge in [-0.1, -0.05) is 13.3 Å². The molecule has 1 unspecified atom stereocenters. The lowest BCUT2D eigenvalue weighted by Crippen LogP contribution is -2.27. The van der Waals surface area contributed by atoms with Gasteiger partial charge in [0.2, 0.25) is 11.2 Å². The van der Waals surface area contributed by atoms with Crippen LogP contribution in [-0.2, 0) is 0 Å². The Labute approximate surface area is 125 Å². The number of halogens is 1. The maximum absolute atomic E-state index is 5.98. The number of rotatable bonds is 4. The van der Waals surface area contributed by atoms with E-state index in [1.807, 2.05) is 13.8 Å². The molecule has 1 aliphatic rings. The Balaban J connectivity index is 2.12. The third-order valence-electron chi connectivity index (χ3n) is 3.62. The van der Waals surface area contributed by atoms with E-state index < -0.39 is 0 Å². The number of anilines is 1. The first-order valence-corrected chi connectivity index (χ1v) is 7.79. The molecule has 1 atom stereocenters. The van der Waals surface area contributed by atoms with E-state index in [9.17, 15) is 0 Å². The smallest absolute Gasteiger partial charge is 0.322 e. The first kappa shape index (κ1) is 15.3. The molecular weight excluding hydrogens is 276 g/mol. The van der Waals surface area contributed by atoms with Crippen LogP contribution in [0.15, 0.2) is 0 Å². The predicted octanol–water partition coefficient (Wildman–Crippen LogP) is 3.33. The third kappa shape index (κ3) is 4.20. The molecule has 112 valence electrons. The Morgan fingerprint density at radius 1 is 1.25 bits per heavy atom. The van der Waals surface area contributed by atoms with Crippen molar-refractivity contribution in [2.75, 3.05) is 18.0 Å². The average Bonchev–Trinajstić information content (AvgIpc) is 2.62. The van der Waals surface area contributed by atoms with Crippen LogP contribution in [0.25, 0.3) is 0 Å².